The zero-order chi connectivity index (χ0) is 12.1. The molecule has 0 atom stereocenters. The predicted molar refractivity (Wildman–Crippen MR) is 65.1 cm³/mol. The number of nitrogens with zero attached hydrogens (tertiary/aromatic N) is 1. The van der Waals surface area contributed by atoms with Crippen molar-refractivity contribution in [3.8, 4) is 5.75 Å². The average Bonchev–Trinajstić information content (AvgIpc) is 2.19. The molecule has 0 unspecified atom stereocenters. The summed E-state index contributed by atoms with van der Waals surface area (Å²) in [4.78, 5) is 2.04. The van der Waals surface area contributed by atoms with Crippen molar-refractivity contribution in [3.05, 3.63) is 23.8 Å². The zero-order valence-corrected chi connectivity index (χ0v) is 9.97. The van der Waals surface area contributed by atoms with Crippen molar-refractivity contribution in [2.75, 3.05) is 27.2 Å². The van der Waals surface area contributed by atoms with Crippen molar-refractivity contribution in [2.24, 2.45) is 0 Å². The molecule has 0 aliphatic rings. The zero-order valence-electron chi connectivity index (χ0n) is 9.97. The molecule has 0 saturated heterocycles. The SMILES string of the molecule is Cc1cc(B(O)O)ccc1OCCN(C)C. The second-order valence-electron chi connectivity index (χ2n) is 4.05. The summed E-state index contributed by atoms with van der Waals surface area (Å²) in [7, 11) is 2.55. The minimum Gasteiger partial charge on any atom is -0.492 e. The molecule has 0 fully saturated rings. The van der Waals surface area contributed by atoms with E-state index in [1.54, 1.807) is 18.2 Å². The number of hydrogen-bond acceptors (Lipinski definition) is 4. The van der Waals surface area contributed by atoms with E-state index in [2.05, 4.69) is 0 Å². The summed E-state index contributed by atoms with van der Waals surface area (Å²) in [6.07, 6.45) is 0. The first-order chi connectivity index (χ1) is 7.50. The van der Waals surface area contributed by atoms with Gasteiger partial charge in [0.05, 0.1) is 0 Å². The Balaban J connectivity index is 2.61. The molecule has 0 saturated carbocycles. The lowest BCUT2D eigenvalue weighted by atomic mass is 9.79. The highest BCUT2D eigenvalue weighted by molar-refractivity contribution is 6.58. The Kier molecular flexibility index (Phi) is 4.80. The van der Waals surface area contributed by atoms with Gasteiger partial charge in [-0.05, 0) is 38.1 Å². The van der Waals surface area contributed by atoms with Gasteiger partial charge in [0.1, 0.15) is 12.4 Å². The van der Waals surface area contributed by atoms with E-state index in [4.69, 9.17) is 14.8 Å². The molecule has 0 aromatic heterocycles. The minimum atomic E-state index is -1.42. The van der Waals surface area contributed by atoms with Gasteiger partial charge in [0.2, 0.25) is 0 Å². The largest absolute Gasteiger partial charge is 0.492 e. The third kappa shape index (κ3) is 3.85. The normalized spacial score (nSPS) is 10.6. The van der Waals surface area contributed by atoms with Gasteiger partial charge in [-0.15, -0.1) is 0 Å². The molecule has 0 aliphatic carbocycles. The summed E-state index contributed by atoms with van der Waals surface area (Å²) in [6, 6.07) is 5.14. The highest BCUT2D eigenvalue weighted by atomic mass is 16.5. The summed E-state index contributed by atoms with van der Waals surface area (Å²) in [5.41, 5.74) is 1.39. The van der Waals surface area contributed by atoms with Crippen LogP contribution in [0.25, 0.3) is 0 Å². The fourth-order valence-electron chi connectivity index (χ4n) is 1.33. The first kappa shape index (κ1) is 13.0. The van der Waals surface area contributed by atoms with Crippen LogP contribution < -0.4 is 10.2 Å². The third-order valence-electron chi connectivity index (χ3n) is 2.29. The minimum absolute atomic E-state index is 0.484. The van der Waals surface area contributed by atoms with Crippen LogP contribution in [0.4, 0.5) is 0 Å². The van der Waals surface area contributed by atoms with Crippen molar-refractivity contribution < 1.29 is 14.8 Å². The molecule has 0 amide bonds. The Morgan fingerprint density at radius 3 is 2.50 bits per heavy atom. The van der Waals surface area contributed by atoms with Gasteiger partial charge in [0.15, 0.2) is 0 Å². The monoisotopic (exact) mass is 223 g/mol. The van der Waals surface area contributed by atoms with Gasteiger partial charge in [-0.25, -0.2) is 0 Å². The van der Waals surface area contributed by atoms with Gasteiger partial charge in [-0.3, -0.25) is 0 Å². The van der Waals surface area contributed by atoms with Crippen molar-refractivity contribution in [1.29, 1.82) is 0 Å². The molecular formula is C11H18BNO3. The molecule has 0 aliphatic heterocycles. The number of rotatable bonds is 5. The lowest BCUT2D eigenvalue weighted by molar-refractivity contribution is 0.260. The number of benzene rings is 1. The van der Waals surface area contributed by atoms with E-state index in [9.17, 15) is 0 Å². The van der Waals surface area contributed by atoms with Crippen LogP contribution in [0.3, 0.4) is 0 Å². The Morgan fingerprint density at radius 2 is 2.00 bits per heavy atom. The van der Waals surface area contributed by atoms with E-state index >= 15 is 0 Å². The van der Waals surface area contributed by atoms with Crippen molar-refractivity contribution in [1.82, 2.24) is 4.90 Å². The molecule has 0 bridgehead atoms. The Morgan fingerprint density at radius 1 is 1.31 bits per heavy atom. The molecule has 1 aromatic carbocycles. The van der Waals surface area contributed by atoms with Crippen LogP contribution in [-0.4, -0.2) is 49.3 Å². The highest BCUT2D eigenvalue weighted by Gasteiger charge is 2.12. The number of ether oxygens (including phenoxy) is 1. The van der Waals surface area contributed by atoms with Crippen LogP contribution in [0.2, 0.25) is 0 Å². The maximum atomic E-state index is 9.00. The van der Waals surface area contributed by atoms with Crippen LogP contribution in [0.15, 0.2) is 18.2 Å². The summed E-state index contributed by atoms with van der Waals surface area (Å²) >= 11 is 0. The molecule has 0 radical (unpaired) electrons. The Bertz CT molecular complexity index is 342. The van der Waals surface area contributed by atoms with Crippen molar-refractivity contribution in [3.63, 3.8) is 0 Å². The molecule has 5 heteroatoms. The quantitative estimate of drug-likeness (QED) is 0.668. The number of aryl methyl sites for hydroxylation is 1. The fraction of sp³-hybridized carbons (Fsp3) is 0.455. The second kappa shape index (κ2) is 5.89. The first-order valence-corrected chi connectivity index (χ1v) is 5.25. The van der Waals surface area contributed by atoms with Gasteiger partial charge in [0.25, 0.3) is 0 Å². The van der Waals surface area contributed by atoms with E-state index in [0.717, 1.165) is 17.9 Å². The predicted octanol–water partition coefficient (Wildman–Crippen LogP) is -0.385. The lowest BCUT2D eigenvalue weighted by Crippen LogP contribution is -2.30. The smallest absolute Gasteiger partial charge is 0.488 e. The maximum absolute atomic E-state index is 9.00. The topological polar surface area (TPSA) is 52.9 Å². The average molecular weight is 223 g/mol. The van der Waals surface area contributed by atoms with Crippen LogP contribution in [-0.2, 0) is 0 Å². The van der Waals surface area contributed by atoms with Gasteiger partial charge < -0.3 is 19.7 Å². The van der Waals surface area contributed by atoms with Crippen LogP contribution in [0.5, 0.6) is 5.75 Å². The lowest BCUT2D eigenvalue weighted by Gasteiger charge is -2.13. The summed E-state index contributed by atoms with van der Waals surface area (Å²) in [5, 5.41) is 18.0. The van der Waals surface area contributed by atoms with Gasteiger partial charge in [-0.2, -0.15) is 0 Å². The van der Waals surface area contributed by atoms with Gasteiger partial charge in [-0.1, -0.05) is 12.1 Å². The van der Waals surface area contributed by atoms with E-state index in [0.29, 0.717) is 12.1 Å². The first-order valence-electron chi connectivity index (χ1n) is 5.25. The van der Waals surface area contributed by atoms with E-state index in [-0.39, 0.29) is 0 Å². The molecular weight excluding hydrogens is 205 g/mol. The van der Waals surface area contributed by atoms with Gasteiger partial charge >= 0.3 is 7.12 Å². The standard InChI is InChI=1S/C11H18BNO3/c1-9-8-10(12(14)15)4-5-11(9)16-7-6-13(2)3/h4-5,8,14-15H,6-7H2,1-3H3. The third-order valence-corrected chi connectivity index (χ3v) is 2.29. The van der Waals surface area contributed by atoms with E-state index < -0.39 is 7.12 Å². The van der Waals surface area contributed by atoms with Crippen LogP contribution in [0, 0.1) is 6.92 Å². The second-order valence-corrected chi connectivity index (χ2v) is 4.05. The molecule has 4 nitrogen and oxygen atoms in total. The van der Waals surface area contributed by atoms with Crippen LogP contribution in [0.1, 0.15) is 5.56 Å². The maximum Gasteiger partial charge on any atom is 0.488 e. The molecule has 1 rings (SSSR count). The molecule has 1 aromatic rings. The van der Waals surface area contributed by atoms with Crippen molar-refractivity contribution >= 4 is 12.6 Å². The van der Waals surface area contributed by atoms with E-state index in [1.165, 1.54) is 0 Å². The highest BCUT2D eigenvalue weighted by Crippen LogP contribution is 2.15. The molecule has 0 heterocycles. The molecule has 0 spiro atoms. The molecule has 88 valence electrons. The Hall–Kier alpha value is -1.04. The summed E-state index contributed by atoms with van der Waals surface area (Å²) in [6.45, 7) is 3.36. The number of likely N-dealkylation sites (N-methyl/N-ethyl adjacent to an activating group) is 1. The number of hydrogen-bond donors (Lipinski definition) is 2. The van der Waals surface area contributed by atoms with Crippen LogP contribution >= 0.6 is 0 Å². The Labute approximate surface area is 96.6 Å². The summed E-state index contributed by atoms with van der Waals surface area (Å²) < 4.78 is 5.58. The fourth-order valence-corrected chi connectivity index (χ4v) is 1.33. The summed E-state index contributed by atoms with van der Waals surface area (Å²) in [5.74, 6) is 0.784. The van der Waals surface area contributed by atoms with Crippen molar-refractivity contribution in [2.45, 2.75) is 6.92 Å². The molecule has 2 N–H and O–H groups in total. The van der Waals surface area contributed by atoms with Gasteiger partial charge in [0, 0.05) is 6.54 Å². The van der Waals surface area contributed by atoms with E-state index in [1.807, 2.05) is 25.9 Å². The molecule has 16 heavy (non-hydrogen) atoms.